The fraction of sp³-hybridized carbons (Fsp3) is 0.292. The third-order valence-electron chi connectivity index (χ3n) is 5.39. The Bertz CT molecular complexity index is 1090. The second kappa shape index (κ2) is 10.1. The van der Waals surface area contributed by atoms with E-state index in [0.29, 0.717) is 17.8 Å². The average Bonchev–Trinajstić information content (AvgIpc) is 3.28. The van der Waals surface area contributed by atoms with Gasteiger partial charge in [0.1, 0.15) is 6.61 Å². The van der Waals surface area contributed by atoms with E-state index < -0.39 is 0 Å². The van der Waals surface area contributed by atoms with Gasteiger partial charge in [-0.3, -0.25) is 9.59 Å². The number of methoxy groups -OCH3 is 1. The number of nitrogens with zero attached hydrogens (tertiary/aromatic N) is 3. The highest BCUT2D eigenvalue weighted by Gasteiger charge is 2.16. The molecule has 0 unspecified atom stereocenters. The summed E-state index contributed by atoms with van der Waals surface area (Å²) in [7, 11) is 1.46. The van der Waals surface area contributed by atoms with E-state index in [1.54, 1.807) is 29.2 Å². The molecule has 0 aliphatic carbocycles. The van der Waals surface area contributed by atoms with Crippen LogP contribution in [0.25, 0.3) is 5.69 Å². The number of nitrogens with one attached hydrogen (secondary N) is 2. The van der Waals surface area contributed by atoms with Crippen LogP contribution in [0.15, 0.2) is 60.9 Å². The van der Waals surface area contributed by atoms with Crippen LogP contribution in [0.5, 0.6) is 0 Å². The molecule has 0 bridgehead atoms. The summed E-state index contributed by atoms with van der Waals surface area (Å²) in [5.41, 5.74) is 4.48. The standard InChI is InChI=1S/C24H27N5O3/c1-32-17-23(30)27-20-15-26-29(16-20)21-9-4-7-19(14-21)24(31)25-11-13-28-12-5-8-18-6-2-3-10-22(18)28/h2-4,6-7,9-10,14-16H,5,8,11-13,17H2,1H3,(H,25,31)(H,27,30). The van der Waals surface area contributed by atoms with Gasteiger partial charge in [0.15, 0.2) is 0 Å². The lowest BCUT2D eigenvalue weighted by Gasteiger charge is -2.31. The fourth-order valence-electron chi connectivity index (χ4n) is 3.90. The molecule has 0 atom stereocenters. The molecule has 0 saturated heterocycles. The van der Waals surface area contributed by atoms with Gasteiger partial charge < -0.3 is 20.3 Å². The van der Waals surface area contributed by atoms with Crippen molar-refractivity contribution in [2.75, 3.05) is 43.6 Å². The van der Waals surface area contributed by atoms with E-state index in [2.05, 4.69) is 44.9 Å². The SMILES string of the molecule is COCC(=O)Nc1cnn(-c2cccc(C(=O)NCCN3CCCc4ccccc43)c2)c1. The van der Waals surface area contributed by atoms with Gasteiger partial charge in [-0.25, -0.2) is 4.68 Å². The van der Waals surface area contributed by atoms with Crippen molar-refractivity contribution in [3.63, 3.8) is 0 Å². The van der Waals surface area contributed by atoms with E-state index in [1.165, 1.54) is 18.4 Å². The molecule has 8 nitrogen and oxygen atoms in total. The molecule has 0 spiro atoms. The molecule has 1 aliphatic rings. The van der Waals surface area contributed by atoms with Crippen LogP contribution in [-0.4, -0.2) is 54.9 Å². The maximum atomic E-state index is 12.7. The van der Waals surface area contributed by atoms with Gasteiger partial charge in [-0.05, 0) is 42.7 Å². The number of hydrogen-bond acceptors (Lipinski definition) is 5. The lowest BCUT2D eigenvalue weighted by atomic mass is 10.0. The summed E-state index contributed by atoms with van der Waals surface area (Å²) in [5.74, 6) is -0.380. The maximum absolute atomic E-state index is 12.7. The summed E-state index contributed by atoms with van der Waals surface area (Å²) < 4.78 is 6.43. The van der Waals surface area contributed by atoms with Crippen molar-refractivity contribution in [3.05, 3.63) is 72.1 Å². The average molecular weight is 434 g/mol. The largest absolute Gasteiger partial charge is 0.375 e. The highest BCUT2D eigenvalue weighted by atomic mass is 16.5. The number of aryl methyl sites for hydroxylation is 1. The van der Waals surface area contributed by atoms with Gasteiger partial charge in [-0.15, -0.1) is 0 Å². The minimum absolute atomic E-state index is 0.0240. The summed E-state index contributed by atoms with van der Waals surface area (Å²) in [4.78, 5) is 26.7. The number of rotatable bonds is 8. The van der Waals surface area contributed by atoms with E-state index in [4.69, 9.17) is 4.74 Å². The number of anilines is 2. The summed E-state index contributed by atoms with van der Waals surface area (Å²) in [6.45, 7) is 2.32. The Morgan fingerprint density at radius 2 is 2.03 bits per heavy atom. The molecule has 1 aliphatic heterocycles. The molecule has 1 aromatic heterocycles. The number of carbonyl (C=O) groups is 2. The topological polar surface area (TPSA) is 88.5 Å². The molecule has 4 rings (SSSR count). The van der Waals surface area contributed by atoms with Gasteiger partial charge >= 0.3 is 0 Å². The van der Waals surface area contributed by atoms with Crippen molar-refractivity contribution < 1.29 is 14.3 Å². The predicted octanol–water partition coefficient (Wildman–Crippen LogP) is 2.64. The lowest BCUT2D eigenvalue weighted by molar-refractivity contribution is -0.119. The molecule has 0 fully saturated rings. The Labute approximate surface area is 187 Å². The number of amides is 2. The van der Waals surface area contributed by atoms with Crippen molar-refractivity contribution in [2.24, 2.45) is 0 Å². The van der Waals surface area contributed by atoms with Crippen molar-refractivity contribution in [2.45, 2.75) is 12.8 Å². The van der Waals surface area contributed by atoms with Crippen LogP contribution in [0.3, 0.4) is 0 Å². The van der Waals surface area contributed by atoms with Crippen LogP contribution in [0.4, 0.5) is 11.4 Å². The normalized spacial score (nSPS) is 12.8. The fourth-order valence-corrected chi connectivity index (χ4v) is 3.90. The monoisotopic (exact) mass is 433 g/mol. The van der Waals surface area contributed by atoms with Gasteiger partial charge in [0.2, 0.25) is 5.91 Å². The molecule has 32 heavy (non-hydrogen) atoms. The number of benzene rings is 2. The molecule has 2 heterocycles. The van der Waals surface area contributed by atoms with Crippen LogP contribution < -0.4 is 15.5 Å². The molecule has 2 aromatic carbocycles. The van der Waals surface area contributed by atoms with Crippen LogP contribution in [-0.2, 0) is 16.0 Å². The van der Waals surface area contributed by atoms with E-state index >= 15 is 0 Å². The third kappa shape index (κ3) is 5.15. The summed E-state index contributed by atoms with van der Waals surface area (Å²) in [6.07, 6.45) is 5.48. The first-order valence-electron chi connectivity index (χ1n) is 10.7. The zero-order chi connectivity index (χ0) is 22.3. The van der Waals surface area contributed by atoms with E-state index in [1.807, 2.05) is 12.1 Å². The maximum Gasteiger partial charge on any atom is 0.251 e. The van der Waals surface area contributed by atoms with E-state index in [0.717, 1.165) is 31.6 Å². The first-order chi connectivity index (χ1) is 15.6. The third-order valence-corrected chi connectivity index (χ3v) is 5.39. The zero-order valence-corrected chi connectivity index (χ0v) is 18.1. The zero-order valence-electron chi connectivity index (χ0n) is 18.1. The Balaban J connectivity index is 1.35. The smallest absolute Gasteiger partial charge is 0.251 e. The number of hydrogen-bond donors (Lipinski definition) is 2. The summed E-state index contributed by atoms with van der Waals surface area (Å²) >= 11 is 0. The predicted molar refractivity (Wildman–Crippen MR) is 123 cm³/mol. The number of ether oxygens (including phenoxy) is 1. The van der Waals surface area contributed by atoms with Crippen molar-refractivity contribution in [3.8, 4) is 5.69 Å². The van der Waals surface area contributed by atoms with E-state index in [9.17, 15) is 9.59 Å². The van der Waals surface area contributed by atoms with Crippen LogP contribution >= 0.6 is 0 Å². The van der Waals surface area contributed by atoms with E-state index in [-0.39, 0.29) is 18.4 Å². The Kier molecular flexibility index (Phi) is 6.81. The highest BCUT2D eigenvalue weighted by Crippen LogP contribution is 2.26. The van der Waals surface area contributed by atoms with Crippen molar-refractivity contribution in [1.29, 1.82) is 0 Å². The van der Waals surface area contributed by atoms with Gasteiger partial charge in [0, 0.05) is 38.0 Å². The van der Waals surface area contributed by atoms with Gasteiger partial charge in [0.25, 0.3) is 5.91 Å². The molecule has 0 radical (unpaired) electrons. The van der Waals surface area contributed by atoms with Crippen LogP contribution in [0.2, 0.25) is 0 Å². The van der Waals surface area contributed by atoms with Crippen LogP contribution in [0.1, 0.15) is 22.3 Å². The Hall–Kier alpha value is -3.65. The van der Waals surface area contributed by atoms with Gasteiger partial charge in [-0.2, -0.15) is 5.10 Å². The molecule has 8 heteroatoms. The number of fused-ring (bicyclic) bond motifs is 1. The molecular weight excluding hydrogens is 406 g/mol. The Morgan fingerprint density at radius 1 is 1.16 bits per heavy atom. The summed E-state index contributed by atoms with van der Waals surface area (Å²) in [6, 6.07) is 15.7. The summed E-state index contributed by atoms with van der Waals surface area (Å²) in [5, 5.41) is 9.99. The second-order valence-electron chi connectivity index (χ2n) is 7.68. The Morgan fingerprint density at radius 3 is 2.91 bits per heavy atom. The van der Waals surface area contributed by atoms with Gasteiger partial charge in [-0.1, -0.05) is 24.3 Å². The van der Waals surface area contributed by atoms with Crippen molar-refractivity contribution >= 4 is 23.2 Å². The highest BCUT2D eigenvalue weighted by molar-refractivity contribution is 5.94. The first kappa shape index (κ1) is 21.6. The molecule has 2 amide bonds. The minimum Gasteiger partial charge on any atom is -0.375 e. The second-order valence-corrected chi connectivity index (χ2v) is 7.68. The molecule has 3 aromatic rings. The lowest BCUT2D eigenvalue weighted by Crippen LogP contribution is -2.37. The first-order valence-corrected chi connectivity index (χ1v) is 10.7. The number of para-hydroxylation sites is 1. The quantitative estimate of drug-likeness (QED) is 0.570. The molecular formula is C24H27N5O3. The molecule has 0 saturated carbocycles. The number of carbonyl (C=O) groups excluding carboxylic acids is 2. The van der Waals surface area contributed by atoms with Gasteiger partial charge in [0.05, 0.1) is 23.8 Å². The number of aromatic nitrogens is 2. The molecule has 166 valence electrons. The van der Waals surface area contributed by atoms with Crippen LogP contribution in [0, 0.1) is 0 Å². The minimum atomic E-state index is -0.253. The van der Waals surface area contributed by atoms with Crippen molar-refractivity contribution in [1.82, 2.24) is 15.1 Å². The molecule has 2 N–H and O–H groups in total.